The Morgan fingerprint density at radius 1 is 1.40 bits per heavy atom. The number of aliphatic hydroxyl groups excluding tert-OH is 1. The summed E-state index contributed by atoms with van der Waals surface area (Å²) in [5, 5.41) is 8.77. The van der Waals surface area contributed by atoms with Crippen molar-refractivity contribution >= 4 is 11.6 Å². The first-order valence-electron chi connectivity index (χ1n) is 3.94. The number of aliphatic hydroxyl groups is 1. The molecule has 1 aromatic carbocycles. The minimum Gasteiger partial charge on any atom is -0.496 e. The molecule has 0 aromatic heterocycles. The normalized spacial score (nSPS) is 11.6. The Morgan fingerprint density at radius 2 is 2.00 bits per heavy atom. The first-order chi connectivity index (χ1) is 6.90. The standard InChI is InChI=1S/C9H8ClF3O2/c1-15-8-3-5(10)2-7(6(8)4-14)9(11,12)13/h2-3,14H,4H2,1H3. The zero-order chi connectivity index (χ0) is 11.6. The Balaban J connectivity index is 3.42. The van der Waals surface area contributed by atoms with Gasteiger partial charge in [0.15, 0.2) is 0 Å². The van der Waals surface area contributed by atoms with Gasteiger partial charge in [0.2, 0.25) is 0 Å². The van der Waals surface area contributed by atoms with Gasteiger partial charge in [-0.2, -0.15) is 13.2 Å². The number of benzene rings is 1. The van der Waals surface area contributed by atoms with Crippen molar-refractivity contribution in [2.45, 2.75) is 12.8 Å². The van der Waals surface area contributed by atoms with Crippen molar-refractivity contribution in [2.75, 3.05) is 7.11 Å². The maximum atomic E-state index is 12.5. The zero-order valence-electron chi connectivity index (χ0n) is 7.73. The Morgan fingerprint density at radius 3 is 2.40 bits per heavy atom. The fraction of sp³-hybridized carbons (Fsp3) is 0.333. The second kappa shape index (κ2) is 4.28. The monoisotopic (exact) mass is 240 g/mol. The smallest absolute Gasteiger partial charge is 0.416 e. The number of rotatable bonds is 2. The summed E-state index contributed by atoms with van der Waals surface area (Å²) in [6, 6.07) is 1.98. The summed E-state index contributed by atoms with van der Waals surface area (Å²) in [6.45, 7) is -0.755. The average Bonchev–Trinajstić information content (AvgIpc) is 2.15. The molecule has 0 saturated heterocycles. The van der Waals surface area contributed by atoms with Crippen LogP contribution in [0.3, 0.4) is 0 Å². The molecule has 0 spiro atoms. The number of halogens is 4. The molecule has 1 rings (SSSR count). The molecule has 0 fully saturated rings. The highest BCUT2D eigenvalue weighted by Gasteiger charge is 2.35. The lowest BCUT2D eigenvalue weighted by Crippen LogP contribution is -2.10. The topological polar surface area (TPSA) is 29.5 Å². The highest BCUT2D eigenvalue weighted by atomic mass is 35.5. The third-order valence-corrected chi connectivity index (χ3v) is 2.08. The van der Waals surface area contributed by atoms with Crippen LogP contribution in [-0.4, -0.2) is 12.2 Å². The van der Waals surface area contributed by atoms with Gasteiger partial charge in [-0.3, -0.25) is 0 Å². The second-order valence-corrected chi connectivity index (χ2v) is 3.23. The zero-order valence-corrected chi connectivity index (χ0v) is 8.49. The van der Waals surface area contributed by atoms with Crippen molar-refractivity contribution in [1.29, 1.82) is 0 Å². The number of alkyl halides is 3. The van der Waals surface area contributed by atoms with E-state index in [-0.39, 0.29) is 16.3 Å². The Hall–Kier alpha value is -0.940. The van der Waals surface area contributed by atoms with Gasteiger partial charge in [-0.1, -0.05) is 11.6 Å². The van der Waals surface area contributed by atoms with Gasteiger partial charge < -0.3 is 9.84 Å². The van der Waals surface area contributed by atoms with Gasteiger partial charge in [-0.15, -0.1) is 0 Å². The van der Waals surface area contributed by atoms with E-state index in [1.807, 2.05) is 0 Å². The first kappa shape index (κ1) is 12.1. The third-order valence-electron chi connectivity index (χ3n) is 1.86. The molecule has 1 aromatic rings. The molecule has 0 unspecified atom stereocenters. The fourth-order valence-corrected chi connectivity index (χ4v) is 1.42. The van der Waals surface area contributed by atoms with Crippen LogP contribution < -0.4 is 4.74 Å². The van der Waals surface area contributed by atoms with Crippen LogP contribution in [0.15, 0.2) is 12.1 Å². The van der Waals surface area contributed by atoms with E-state index in [1.165, 1.54) is 13.2 Å². The highest BCUT2D eigenvalue weighted by molar-refractivity contribution is 6.30. The molecule has 0 saturated carbocycles. The summed E-state index contributed by atoms with van der Waals surface area (Å²) in [7, 11) is 1.21. The second-order valence-electron chi connectivity index (χ2n) is 2.79. The molecule has 1 N–H and O–H groups in total. The molecule has 15 heavy (non-hydrogen) atoms. The summed E-state index contributed by atoms with van der Waals surface area (Å²) in [5.74, 6) is -0.0719. The van der Waals surface area contributed by atoms with Crippen molar-refractivity contribution in [2.24, 2.45) is 0 Å². The van der Waals surface area contributed by atoms with E-state index in [0.717, 1.165) is 6.07 Å². The molecular formula is C9H8ClF3O2. The average molecular weight is 241 g/mol. The van der Waals surface area contributed by atoms with Crippen molar-refractivity contribution < 1.29 is 23.0 Å². The minimum atomic E-state index is -4.56. The minimum absolute atomic E-state index is 0.0719. The van der Waals surface area contributed by atoms with E-state index in [0.29, 0.717) is 0 Å². The van der Waals surface area contributed by atoms with Gasteiger partial charge in [-0.25, -0.2) is 0 Å². The predicted molar refractivity (Wildman–Crippen MR) is 48.9 cm³/mol. The molecule has 0 aliphatic heterocycles. The summed E-state index contributed by atoms with van der Waals surface area (Å²) < 4.78 is 42.2. The van der Waals surface area contributed by atoms with Crippen LogP contribution in [-0.2, 0) is 12.8 Å². The number of hydrogen-bond acceptors (Lipinski definition) is 2. The van der Waals surface area contributed by atoms with Crippen LogP contribution in [0.4, 0.5) is 13.2 Å². The van der Waals surface area contributed by atoms with Crippen LogP contribution >= 0.6 is 11.6 Å². The number of ether oxygens (including phenoxy) is 1. The first-order valence-corrected chi connectivity index (χ1v) is 4.32. The number of methoxy groups -OCH3 is 1. The molecule has 0 heterocycles. The van der Waals surface area contributed by atoms with Crippen LogP contribution in [0.25, 0.3) is 0 Å². The van der Waals surface area contributed by atoms with Gasteiger partial charge in [-0.05, 0) is 12.1 Å². The fourth-order valence-electron chi connectivity index (χ4n) is 1.21. The molecule has 0 atom stereocenters. The summed E-state index contributed by atoms with van der Waals surface area (Å²) >= 11 is 5.50. The Labute approximate surface area is 89.2 Å². The van der Waals surface area contributed by atoms with Gasteiger partial charge in [0, 0.05) is 10.6 Å². The van der Waals surface area contributed by atoms with E-state index in [9.17, 15) is 13.2 Å². The predicted octanol–water partition coefficient (Wildman–Crippen LogP) is 2.86. The number of hydrogen-bond donors (Lipinski definition) is 1. The van der Waals surface area contributed by atoms with Crippen molar-refractivity contribution in [3.8, 4) is 5.75 Å². The summed E-state index contributed by atoms with van der Waals surface area (Å²) in [5.41, 5.74) is -1.29. The van der Waals surface area contributed by atoms with Crippen LogP contribution in [0.5, 0.6) is 5.75 Å². The van der Waals surface area contributed by atoms with Gasteiger partial charge in [0.1, 0.15) is 5.75 Å². The maximum absolute atomic E-state index is 12.5. The summed E-state index contributed by atoms with van der Waals surface area (Å²) in [6.07, 6.45) is -4.56. The largest absolute Gasteiger partial charge is 0.496 e. The van der Waals surface area contributed by atoms with E-state index in [1.54, 1.807) is 0 Å². The van der Waals surface area contributed by atoms with Crippen LogP contribution in [0.2, 0.25) is 5.02 Å². The molecule has 0 bridgehead atoms. The van der Waals surface area contributed by atoms with Crippen molar-refractivity contribution in [1.82, 2.24) is 0 Å². The van der Waals surface area contributed by atoms with Crippen LogP contribution in [0.1, 0.15) is 11.1 Å². The lowest BCUT2D eigenvalue weighted by Gasteiger charge is -2.15. The quantitative estimate of drug-likeness (QED) is 0.861. The van der Waals surface area contributed by atoms with Crippen molar-refractivity contribution in [3.05, 3.63) is 28.3 Å². The Kier molecular flexibility index (Phi) is 3.46. The van der Waals surface area contributed by atoms with Crippen LogP contribution in [0, 0.1) is 0 Å². The van der Waals surface area contributed by atoms with Gasteiger partial charge in [0.25, 0.3) is 0 Å². The molecule has 0 amide bonds. The third kappa shape index (κ3) is 2.54. The molecule has 6 heteroatoms. The Bertz CT molecular complexity index is 363. The van der Waals surface area contributed by atoms with E-state index in [2.05, 4.69) is 0 Å². The lowest BCUT2D eigenvalue weighted by molar-refractivity contribution is -0.138. The molecule has 2 nitrogen and oxygen atoms in total. The molecule has 0 aliphatic carbocycles. The molecule has 84 valence electrons. The van der Waals surface area contributed by atoms with Gasteiger partial charge in [0.05, 0.1) is 19.3 Å². The van der Waals surface area contributed by atoms with E-state index < -0.39 is 18.3 Å². The van der Waals surface area contributed by atoms with E-state index >= 15 is 0 Å². The SMILES string of the molecule is COc1cc(Cl)cc(C(F)(F)F)c1CO. The van der Waals surface area contributed by atoms with Gasteiger partial charge >= 0.3 is 6.18 Å². The van der Waals surface area contributed by atoms with Crippen molar-refractivity contribution in [3.63, 3.8) is 0 Å². The maximum Gasteiger partial charge on any atom is 0.416 e. The lowest BCUT2D eigenvalue weighted by atomic mass is 10.1. The molecular weight excluding hydrogens is 233 g/mol. The molecule has 0 radical (unpaired) electrons. The molecule has 0 aliphatic rings. The highest BCUT2D eigenvalue weighted by Crippen LogP contribution is 2.38. The van der Waals surface area contributed by atoms with E-state index in [4.69, 9.17) is 21.4 Å². The summed E-state index contributed by atoms with van der Waals surface area (Å²) in [4.78, 5) is 0.